The van der Waals surface area contributed by atoms with Gasteiger partial charge in [0.25, 0.3) is 11.6 Å². The lowest BCUT2D eigenvalue weighted by molar-refractivity contribution is -0.384. The van der Waals surface area contributed by atoms with Crippen LogP contribution >= 0.6 is 11.6 Å². The molecule has 0 aliphatic heterocycles. The quantitative estimate of drug-likeness (QED) is 0.323. The number of halogens is 1. The first-order chi connectivity index (χ1) is 8.65. The topological polar surface area (TPSA) is 97.3 Å². The summed E-state index contributed by atoms with van der Waals surface area (Å²) in [6.07, 6.45) is 1.84. The molecule has 0 atom stereocenters. The molecule has 2 N–H and O–H groups in total. The van der Waals surface area contributed by atoms with Crippen LogP contribution in [-0.4, -0.2) is 41.5 Å². The van der Waals surface area contributed by atoms with Crippen LogP contribution in [0.15, 0.2) is 12.3 Å². The summed E-state index contributed by atoms with van der Waals surface area (Å²) in [6, 6.07) is 1.19. The summed E-state index contributed by atoms with van der Waals surface area (Å²) in [5.41, 5.74) is 0.0361. The maximum Gasteiger partial charge on any atom is 0.287 e. The van der Waals surface area contributed by atoms with Gasteiger partial charge in [0.2, 0.25) is 0 Å². The number of H-pyrrole nitrogens is 1. The van der Waals surface area contributed by atoms with Crippen molar-refractivity contribution in [2.75, 3.05) is 25.6 Å². The van der Waals surface area contributed by atoms with E-state index in [1.54, 1.807) is 0 Å². The fraction of sp³-hybridized carbons (Fsp3) is 0.500. The highest BCUT2D eigenvalue weighted by Crippen LogP contribution is 2.11. The number of nitro groups is 1. The van der Waals surface area contributed by atoms with E-state index >= 15 is 0 Å². The Morgan fingerprint density at radius 1 is 1.56 bits per heavy atom. The average molecular weight is 276 g/mol. The van der Waals surface area contributed by atoms with Gasteiger partial charge in [-0.15, -0.1) is 11.6 Å². The van der Waals surface area contributed by atoms with Crippen molar-refractivity contribution in [1.82, 2.24) is 10.3 Å². The van der Waals surface area contributed by atoms with Crippen LogP contribution in [0.25, 0.3) is 0 Å². The van der Waals surface area contributed by atoms with E-state index in [0.717, 1.165) is 0 Å². The van der Waals surface area contributed by atoms with E-state index in [-0.39, 0.29) is 17.3 Å². The monoisotopic (exact) mass is 275 g/mol. The maximum absolute atomic E-state index is 11.5. The third-order valence-corrected chi connectivity index (χ3v) is 2.25. The lowest BCUT2D eigenvalue weighted by atomic mass is 10.3. The molecule has 0 radical (unpaired) electrons. The van der Waals surface area contributed by atoms with E-state index < -0.39 is 4.92 Å². The highest BCUT2D eigenvalue weighted by Gasteiger charge is 2.13. The zero-order valence-corrected chi connectivity index (χ0v) is 10.4. The Bertz CT molecular complexity index is 408. The summed E-state index contributed by atoms with van der Waals surface area (Å²) in [7, 11) is 0. The average Bonchev–Trinajstić information content (AvgIpc) is 2.83. The predicted octanol–water partition coefficient (Wildman–Crippen LogP) is 1.30. The molecule has 0 saturated heterocycles. The van der Waals surface area contributed by atoms with Crippen molar-refractivity contribution >= 4 is 23.2 Å². The molecule has 0 spiro atoms. The first kappa shape index (κ1) is 14.5. The van der Waals surface area contributed by atoms with Crippen LogP contribution in [-0.2, 0) is 4.74 Å². The van der Waals surface area contributed by atoms with Crippen LogP contribution in [0, 0.1) is 10.1 Å². The van der Waals surface area contributed by atoms with E-state index in [1.165, 1.54) is 12.3 Å². The minimum Gasteiger partial charge on any atom is -0.380 e. The molecule has 100 valence electrons. The van der Waals surface area contributed by atoms with Gasteiger partial charge in [-0.3, -0.25) is 14.9 Å². The molecule has 0 aliphatic rings. The van der Waals surface area contributed by atoms with Crippen LogP contribution in [0.2, 0.25) is 0 Å². The third kappa shape index (κ3) is 4.72. The van der Waals surface area contributed by atoms with Crippen LogP contribution in [0.5, 0.6) is 0 Å². The smallest absolute Gasteiger partial charge is 0.287 e. The van der Waals surface area contributed by atoms with Crippen molar-refractivity contribution in [3.05, 3.63) is 28.1 Å². The van der Waals surface area contributed by atoms with E-state index in [9.17, 15) is 14.9 Å². The molecule has 0 unspecified atom stereocenters. The van der Waals surface area contributed by atoms with Crippen LogP contribution in [0.1, 0.15) is 16.9 Å². The number of rotatable bonds is 8. The Balaban J connectivity index is 2.25. The molecule has 0 bridgehead atoms. The molecular weight excluding hydrogens is 262 g/mol. The largest absolute Gasteiger partial charge is 0.380 e. The summed E-state index contributed by atoms with van der Waals surface area (Å²) >= 11 is 5.42. The van der Waals surface area contributed by atoms with Gasteiger partial charge in [-0.05, 0) is 6.42 Å². The second-order valence-corrected chi connectivity index (χ2v) is 3.82. The minimum absolute atomic E-state index is 0.134. The molecule has 18 heavy (non-hydrogen) atoms. The zero-order valence-electron chi connectivity index (χ0n) is 9.65. The van der Waals surface area contributed by atoms with E-state index in [1.807, 2.05) is 0 Å². The number of ether oxygens (including phenoxy) is 1. The number of carbonyl (C=O) groups excluding carboxylic acids is 1. The standard InChI is InChI=1S/C10H14ClN3O4/c11-2-5-18-4-1-3-12-10(15)9-6-8(7-13-9)14(16)17/h6-7,13H,1-5H2,(H,12,15). The van der Waals surface area contributed by atoms with Crippen molar-refractivity contribution < 1.29 is 14.5 Å². The first-order valence-corrected chi connectivity index (χ1v) is 5.93. The number of hydrogen-bond donors (Lipinski definition) is 2. The second-order valence-electron chi connectivity index (χ2n) is 3.44. The Hall–Kier alpha value is -1.60. The van der Waals surface area contributed by atoms with Gasteiger partial charge in [0.15, 0.2) is 0 Å². The van der Waals surface area contributed by atoms with E-state index in [4.69, 9.17) is 16.3 Å². The molecule has 8 heteroatoms. The number of carbonyl (C=O) groups is 1. The van der Waals surface area contributed by atoms with Crippen molar-refractivity contribution in [3.8, 4) is 0 Å². The molecule has 0 aromatic carbocycles. The SMILES string of the molecule is O=C(NCCCOCCCl)c1cc([N+](=O)[O-])c[nH]1. The van der Waals surface area contributed by atoms with E-state index in [2.05, 4.69) is 10.3 Å². The van der Waals surface area contributed by atoms with Gasteiger partial charge >= 0.3 is 0 Å². The van der Waals surface area contributed by atoms with Crippen molar-refractivity contribution in [2.45, 2.75) is 6.42 Å². The molecule has 0 fully saturated rings. The molecule has 7 nitrogen and oxygen atoms in total. The summed E-state index contributed by atoms with van der Waals surface area (Å²) < 4.78 is 5.13. The molecule has 1 aromatic heterocycles. The van der Waals surface area contributed by atoms with Crippen molar-refractivity contribution in [3.63, 3.8) is 0 Å². The summed E-state index contributed by atoms with van der Waals surface area (Å²) in [4.78, 5) is 24.0. The van der Waals surface area contributed by atoms with Gasteiger partial charge < -0.3 is 15.0 Å². The van der Waals surface area contributed by atoms with Crippen LogP contribution in [0.4, 0.5) is 5.69 Å². The van der Waals surface area contributed by atoms with Gasteiger partial charge in [0.05, 0.1) is 17.7 Å². The highest BCUT2D eigenvalue weighted by molar-refractivity contribution is 6.17. The molecule has 1 rings (SSSR count). The van der Waals surface area contributed by atoms with Crippen LogP contribution in [0.3, 0.4) is 0 Å². The van der Waals surface area contributed by atoms with E-state index in [0.29, 0.717) is 32.1 Å². The Kier molecular flexibility index (Phi) is 6.16. The Labute approximate surface area is 109 Å². The lowest BCUT2D eigenvalue weighted by Gasteiger charge is -2.03. The molecular formula is C10H14ClN3O4. The van der Waals surface area contributed by atoms with Crippen molar-refractivity contribution in [2.24, 2.45) is 0 Å². The molecule has 0 aliphatic carbocycles. The number of amides is 1. The maximum atomic E-state index is 11.5. The molecule has 1 heterocycles. The fourth-order valence-corrected chi connectivity index (χ4v) is 1.36. The zero-order chi connectivity index (χ0) is 13.4. The van der Waals surface area contributed by atoms with Gasteiger partial charge in [0.1, 0.15) is 5.69 Å². The fourth-order valence-electron chi connectivity index (χ4n) is 1.25. The summed E-state index contributed by atoms with van der Waals surface area (Å²) in [5, 5.41) is 13.0. The Morgan fingerprint density at radius 2 is 2.33 bits per heavy atom. The number of aromatic nitrogens is 1. The van der Waals surface area contributed by atoms with Gasteiger partial charge in [-0.2, -0.15) is 0 Å². The number of hydrogen-bond acceptors (Lipinski definition) is 4. The number of alkyl halides is 1. The number of nitrogens with zero attached hydrogens (tertiary/aromatic N) is 1. The third-order valence-electron chi connectivity index (χ3n) is 2.10. The summed E-state index contributed by atoms with van der Waals surface area (Å²) in [6.45, 7) is 1.43. The number of nitrogens with one attached hydrogen (secondary N) is 2. The van der Waals surface area contributed by atoms with Crippen LogP contribution < -0.4 is 5.32 Å². The lowest BCUT2D eigenvalue weighted by Crippen LogP contribution is -2.25. The van der Waals surface area contributed by atoms with Gasteiger partial charge in [0, 0.05) is 25.1 Å². The van der Waals surface area contributed by atoms with Gasteiger partial charge in [-0.1, -0.05) is 0 Å². The number of aromatic amines is 1. The Morgan fingerprint density at radius 3 is 2.94 bits per heavy atom. The molecule has 0 saturated carbocycles. The summed E-state index contributed by atoms with van der Waals surface area (Å²) in [5.74, 6) is 0.0684. The first-order valence-electron chi connectivity index (χ1n) is 5.40. The minimum atomic E-state index is -0.562. The molecule has 1 aromatic rings. The molecule has 1 amide bonds. The second kappa shape index (κ2) is 7.67. The van der Waals surface area contributed by atoms with Gasteiger partial charge in [-0.25, -0.2) is 0 Å². The predicted molar refractivity (Wildman–Crippen MR) is 65.9 cm³/mol. The normalized spacial score (nSPS) is 10.3. The highest BCUT2D eigenvalue weighted by atomic mass is 35.5. The van der Waals surface area contributed by atoms with Crippen molar-refractivity contribution in [1.29, 1.82) is 0 Å².